The minimum atomic E-state index is 0.0320. The summed E-state index contributed by atoms with van der Waals surface area (Å²) in [6, 6.07) is 8.86. The molecule has 6 heteroatoms. The van der Waals surface area contributed by atoms with Crippen molar-refractivity contribution in [1.29, 1.82) is 0 Å². The molecule has 0 heterocycles. The van der Waals surface area contributed by atoms with Gasteiger partial charge in [0.05, 0.1) is 15.7 Å². The molecule has 2 aromatic carbocycles. The Morgan fingerprint density at radius 2 is 1.76 bits per heavy atom. The SMILES string of the molecule is CN(C)c1ccc(NCc2cc(Cl)cc(Cl)c2O)cc1Cl. The lowest BCUT2D eigenvalue weighted by atomic mass is 10.2. The summed E-state index contributed by atoms with van der Waals surface area (Å²) >= 11 is 18.0. The van der Waals surface area contributed by atoms with E-state index in [0.29, 0.717) is 22.2 Å². The van der Waals surface area contributed by atoms with Crippen molar-refractivity contribution in [3.8, 4) is 5.75 Å². The van der Waals surface area contributed by atoms with Crippen LogP contribution in [0.15, 0.2) is 30.3 Å². The maximum atomic E-state index is 9.91. The highest BCUT2D eigenvalue weighted by Gasteiger charge is 2.09. The van der Waals surface area contributed by atoms with Crippen LogP contribution in [-0.2, 0) is 6.54 Å². The summed E-state index contributed by atoms with van der Waals surface area (Å²) in [6.07, 6.45) is 0. The van der Waals surface area contributed by atoms with Crippen LogP contribution in [0.2, 0.25) is 15.1 Å². The Kier molecular flexibility index (Phi) is 5.09. The first-order chi connectivity index (χ1) is 9.88. The molecule has 0 aliphatic carbocycles. The van der Waals surface area contributed by atoms with E-state index in [1.165, 1.54) is 6.07 Å². The average molecular weight is 346 g/mol. The minimum absolute atomic E-state index is 0.0320. The van der Waals surface area contributed by atoms with Gasteiger partial charge in [0, 0.05) is 36.9 Å². The second-order valence-corrected chi connectivity index (χ2v) is 6.06. The Morgan fingerprint density at radius 1 is 1.05 bits per heavy atom. The molecule has 0 aromatic heterocycles. The van der Waals surface area contributed by atoms with Crippen LogP contribution in [0.5, 0.6) is 5.75 Å². The number of rotatable bonds is 4. The first-order valence-electron chi connectivity index (χ1n) is 6.26. The minimum Gasteiger partial charge on any atom is -0.506 e. The fourth-order valence-electron chi connectivity index (χ4n) is 1.93. The number of nitrogens with one attached hydrogen (secondary N) is 1. The molecule has 0 aliphatic rings. The number of phenolic OH excluding ortho intramolecular Hbond substituents is 1. The molecule has 0 amide bonds. The van der Waals surface area contributed by atoms with E-state index in [9.17, 15) is 5.11 Å². The molecule has 0 saturated heterocycles. The molecule has 0 radical (unpaired) electrons. The largest absolute Gasteiger partial charge is 0.506 e. The molecule has 0 bridgehead atoms. The number of hydrogen-bond acceptors (Lipinski definition) is 3. The molecule has 0 atom stereocenters. The molecule has 2 rings (SSSR count). The van der Waals surface area contributed by atoms with Crippen molar-refractivity contribution in [1.82, 2.24) is 0 Å². The first kappa shape index (κ1) is 16.1. The lowest BCUT2D eigenvalue weighted by Crippen LogP contribution is -2.09. The van der Waals surface area contributed by atoms with Crippen molar-refractivity contribution in [2.24, 2.45) is 0 Å². The molecule has 2 aromatic rings. The van der Waals surface area contributed by atoms with Crippen LogP contribution >= 0.6 is 34.8 Å². The van der Waals surface area contributed by atoms with Crippen LogP contribution in [0.25, 0.3) is 0 Å². The molecular weight excluding hydrogens is 331 g/mol. The van der Waals surface area contributed by atoms with Gasteiger partial charge >= 0.3 is 0 Å². The number of halogens is 3. The lowest BCUT2D eigenvalue weighted by molar-refractivity contribution is 0.469. The Labute approximate surface area is 139 Å². The van der Waals surface area contributed by atoms with Gasteiger partial charge < -0.3 is 15.3 Å². The second-order valence-electron chi connectivity index (χ2n) is 4.81. The van der Waals surface area contributed by atoms with E-state index in [-0.39, 0.29) is 10.8 Å². The van der Waals surface area contributed by atoms with Crippen LogP contribution in [0.1, 0.15) is 5.56 Å². The zero-order valence-electron chi connectivity index (χ0n) is 11.6. The van der Waals surface area contributed by atoms with Gasteiger partial charge in [-0.25, -0.2) is 0 Å². The van der Waals surface area contributed by atoms with E-state index in [2.05, 4.69) is 5.32 Å². The van der Waals surface area contributed by atoms with Crippen LogP contribution in [0, 0.1) is 0 Å². The number of aromatic hydroxyl groups is 1. The molecule has 2 N–H and O–H groups in total. The molecule has 21 heavy (non-hydrogen) atoms. The van der Waals surface area contributed by atoms with Gasteiger partial charge in [-0.3, -0.25) is 0 Å². The summed E-state index contributed by atoms with van der Waals surface area (Å²) in [7, 11) is 3.86. The smallest absolute Gasteiger partial charge is 0.139 e. The molecule has 0 aliphatic heterocycles. The third-order valence-corrected chi connectivity index (χ3v) is 3.83. The number of hydrogen-bond donors (Lipinski definition) is 2. The molecule has 0 saturated carbocycles. The molecular formula is C15H15Cl3N2O. The van der Waals surface area contributed by atoms with Gasteiger partial charge in [0.1, 0.15) is 5.75 Å². The number of phenols is 1. The third kappa shape index (κ3) is 3.88. The third-order valence-electron chi connectivity index (χ3n) is 3.02. The second kappa shape index (κ2) is 6.65. The van der Waals surface area contributed by atoms with Gasteiger partial charge in [0.15, 0.2) is 0 Å². The number of anilines is 2. The Hall–Kier alpha value is -1.29. The van der Waals surface area contributed by atoms with Crippen molar-refractivity contribution in [3.05, 3.63) is 51.0 Å². The maximum Gasteiger partial charge on any atom is 0.139 e. The van der Waals surface area contributed by atoms with Gasteiger partial charge in [0.25, 0.3) is 0 Å². The standard InChI is InChI=1S/C15H15Cl3N2O/c1-20(2)14-4-3-11(7-12(14)17)19-8-9-5-10(16)6-13(18)15(9)21/h3-7,19,21H,8H2,1-2H3. The fraction of sp³-hybridized carbons (Fsp3) is 0.200. The first-order valence-corrected chi connectivity index (χ1v) is 7.39. The Morgan fingerprint density at radius 3 is 2.38 bits per heavy atom. The topological polar surface area (TPSA) is 35.5 Å². The van der Waals surface area contributed by atoms with Crippen molar-refractivity contribution in [2.45, 2.75) is 6.54 Å². The highest BCUT2D eigenvalue weighted by Crippen LogP contribution is 2.32. The van der Waals surface area contributed by atoms with E-state index in [1.807, 2.05) is 37.2 Å². The lowest BCUT2D eigenvalue weighted by Gasteiger charge is -2.16. The molecule has 0 unspecified atom stereocenters. The molecule has 3 nitrogen and oxygen atoms in total. The molecule has 112 valence electrons. The summed E-state index contributed by atoms with van der Waals surface area (Å²) in [4.78, 5) is 1.94. The quantitative estimate of drug-likeness (QED) is 0.815. The highest BCUT2D eigenvalue weighted by atomic mass is 35.5. The zero-order chi connectivity index (χ0) is 15.6. The van der Waals surface area contributed by atoms with E-state index in [0.717, 1.165) is 11.4 Å². The van der Waals surface area contributed by atoms with Crippen molar-refractivity contribution in [2.75, 3.05) is 24.3 Å². The van der Waals surface area contributed by atoms with Crippen molar-refractivity contribution in [3.63, 3.8) is 0 Å². The van der Waals surface area contributed by atoms with Crippen molar-refractivity contribution < 1.29 is 5.11 Å². The van der Waals surface area contributed by atoms with Crippen LogP contribution in [0.3, 0.4) is 0 Å². The normalized spacial score (nSPS) is 10.5. The van der Waals surface area contributed by atoms with Gasteiger partial charge in [-0.05, 0) is 30.3 Å². The monoisotopic (exact) mass is 344 g/mol. The molecule has 0 fully saturated rings. The van der Waals surface area contributed by atoms with Crippen LogP contribution in [0.4, 0.5) is 11.4 Å². The Bertz CT molecular complexity index is 660. The summed E-state index contributed by atoms with van der Waals surface area (Å²) in [5, 5.41) is 14.5. The fourth-order valence-corrected chi connectivity index (χ4v) is 2.82. The summed E-state index contributed by atoms with van der Waals surface area (Å²) < 4.78 is 0. The predicted octanol–water partition coefficient (Wildman–Crippen LogP) is 5.03. The number of benzene rings is 2. The van der Waals surface area contributed by atoms with Crippen molar-refractivity contribution >= 4 is 46.2 Å². The van der Waals surface area contributed by atoms with E-state index in [1.54, 1.807) is 6.07 Å². The van der Waals surface area contributed by atoms with E-state index < -0.39 is 0 Å². The van der Waals surface area contributed by atoms with Gasteiger partial charge in [-0.2, -0.15) is 0 Å². The summed E-state index contributed by atoms with van der Waals surface area (Å²) in [6.45, 7) is 0.393. The number of nitrogens with zero attached hydrogens (tertiary/aromatic N) is 1. The maximum absolute atomic E-state index is 9.91. The van der Waals surface area contributed by atoms with E-state index >= 15 is 0 Å². The van der Waals surface area contributed by atoms with Gasteiger partial charge in [-0.1, -0.05) is 34.8 Å². The highest BCUT2D eigenvalue weighted by molar-refractivity contribution is 6.35. The predicted molar refractivity (Wildman–Crippen MR) is 91.2 cm³/mol. The van der Waals surface area contributed by atoms with Gasteiger partial charge in [0.2, 0.25) is 0 Å². The summed E-state index contributed by atoms with van der Waals surface area (Å²) in [5.74, 6) is 0.0320. The Balaban J connectivity index is 2.15. The average Bonchev–Trinajstić information content (AvgIpc) is 2.40. The molecule has 0 spiro atoms. The van der Waals surface area contributed by atoms with Crippen LogP contribution < -0.4 is 10.2 Å². The van der Waals surface area contributed by atoms with Gasteiger partial charge in [-0.15, -0.1) is 0 Å². The zero-order valence-corrected chi connectivity index (χ0v) is 13.9. The summed E-state index contributed by atoms with van der Waals surface area (Å²) in [5.41, 5.74) is 2.41. The van der Waals surface area contributed by atoms with Crippen LogP contribution in [-0.4, -0.2) is 19.2 Å². The van der Waals surface area contributed by atoms with E-state index in [4.69, 9.17) is 34.8 Å².